The Kier molecular flexibility index (Phi) is 11.5. The fourth-order valence-corrected chi connectivity index (χ4v) is 6.56. The predicted molar refractivity (Wildman–Crippen MR) is 166 cm³/mol. The van der Waals surface area contributed by atoms with Gasteiger partial charge in [-0.3, -0.25) is 4.79 Å². The summed E-state index contributed by atoms with van der Waals surface area (Å²) >= 11 is 12.8. The summed E-state index contributed by atoms with van der Waals surface area (Å²) in [7, 11) is -2.21. The maximum Gasteiger partial charge on any atom is 0.252 e. The van der Waals surface area contributed by atoms with Crippen LogP contribution in [0.15, 0.2) is 82.7 Å². The minimum atomic E-state index is -3.78. The molecule has 0 aliphatic carbocycles. The number of hydrogen-bond acceptors (Lipinski definition) is 8. The van der Waals surface area contributed by atoms with Crippen molar-refractivity contribution < 1.29 is 32.5 Å². The van der Waals surface area contributed by atoms with Crippen molar-refractivity contribution in [1.29, 1.82) is 0 Å². The molecule has 0 saturated heterocycles. The van der Waals surface area contributed by atoms with Crippen LogP contribution in [0.4, 0.5) is 0 Å². The van der Waals surface area contributed by atoms with E-state index in [0.29, 0.717) is 48.0 Å². The first-order valence-corrected chi connectivity index (χ1v) is 16.2. The van der Waals surface area contributed by atoms with Gasteiger partial charge in [0.25, 0.3) is 5.91 Å². The molecule has 0 spiro atoms. The SMILES string of the molecule is COCCCNC(=O)[C@]1(CCS(=O)(=O)c2ccccc2)N=C(c2ccc(OCCCO)cc2)O[C@@H]1c1ccc(Cl)cc1Cl. The second kappa shape index (κ2) is 15.0. The lowest BCUT2D eigenvalue weighted by Gasteiger charge is -2.31. The van der Waals surface area contributed by atoms with Gasteiger partial charge in [0.2, 0.25) is 5.90 Å². The molecule has 3 aromatic rings. The number of sulfone groups is 1. The number of halogens is 2. The van der Waals surface area contributed by atoms with E-state index in [1.807, 2.05) is 0 Å². The first kappa shape index (κ1) is 32.8. The van der Waals surface area contributed by atoms with Crippen molar-refractivity contribution in [2.24, 2.45) is 4.99 Å². The number of carbonyl (C=O) groups is 1. The maximum absolute atomic E-state index is 14.1. The van der Waals surface area contributed by atoms with Crippen LogP contribution >= 0.6 is 23.2 Å². The van der Waals surface area contributed by atoms with Crippen LogP contribution in [0.3, 0.4) is 0 Å². The van der Waals surface area contributed by atoms with Crippen molar-refractivity contribution in [1.82, 2.24) is 5.32 Å². The number of aliphatic hydroxyl groups is 1. The topological polar surface area (TPSA) is 124 Å². The van der Waals surface area contributed by atoms with Crippen LogP contribution in [0.1, 0.15) is 36.5 Å². The van der Waals surface area contributed by atoms with Gasteiger partial charge in [0.05, 0.1) is 17.3 Å². The van der Waals surface area contributed by atoms with E-state index in [1.54, 1.807) is 67.8 Å². The van der Waals surface area contributed by atoms with E-state index in [4.69, 9.17) is 47.5 Å². The van der Waals surface area contributed by atoms with E-state index < -0.39 is 27.4 Å². The van der Waals surface area contributed by atoms with Crippen LogP contribution in [0, 0.1) is 0 Å². The van der Waals surface area contributed by atoms with Gasteiger partial charge in [-0.15, -0.1) is 0 Å². The molecule has 3 aromatic carbocycles. The van der Waals surface area contributed by atoms with E-state index in [9.17, 15) is 13.2 Å². The fourth-order valence-electron chi connectivity index (χ4n) is 4.67. The number of rotatable bonds is 15. The Morgan fingerprint density at radius 1 is 1.05 bits per heavy atom. The number of nitrogens with one attached hydrogen (secondary N) is 1. The summed E-state index contributed by atoms with van der Waals surface area (Å²) in [6.07, 6.45) is -0.200. The van der Waals surface area contributed by atoms with Crippen LogP contribution in [-0.2, 0) is 24.1 Å². The summed E-state index contributed by atoms with van der Waals surface area (Å²) in [5.74, 6) is -0.129. The average Bonchev–Trinajstić information content (AvgIpc) is 3.40. The molecule has 0 radical (unpaired) electrons. The Balaban J connectivity index is 1.76. The number of nitrogens with zero attached hydrogens (tertiary/aromatic N) is 1. The van der Waals surface area contributed by atoms with Crippen LogP contribution in [-0.4, -0.2) is 70.1 Å². The lowest BCUT2D eigenvalue weighted by atomic mass is 9.85. The van der Waals surface area contributed by atoms with Gasteiger partial charge in [0.15, 0.2) is 21.5 Å². The first-order chi connectivity index (χ1) is 20.7. The van der Waals surface area contributed by atoms with Gasteiger partial charge in [-0.2, -0.15) is 0 Å². The molecule has 1 amide bonds. The molecule has 4 rings (SSSR count). The molecule has 9 nitrogen and oxygen atoms in total. The fraction of sp³-hybridized carbons (Fsp3) is 0.355. The minimum absolute atomic E-state index is 0.0208. The molecule has 2 N–H and O–H groups in total. The van der Waals surface area contributed by atoms with Crippen molar-refractivity contribution in [3.63, 3.8) is 0 Å². The highest BCUT2D eigenvalue weighted by Crippen LogP contribution is 2.45. The Hall–Kier alpha value is -3.15. The van der Waals surface area contributed by atoms with Gasteiger partial charge in [-0.25, -0.2) is 13.4 Å². The van der Waals surface area contributed by atoms with Gasteiger partial charge < -0.3 is 24.6 Å². The van der Waals surface area contributed by atoms with Crippen LogP contribution in [0.5, 0.6) is 5.75 Å². The van der Waals surface area contributed by atoms with Crippen molar-refractivity contribution in [2.75, 3.05) is 39.2 Å². The van der Waals surface area contributed by atoms with Gasteiger partial charge in [0, 0.05) is 60.9 Å². The molecule has 12 heteroatoms. The second-order valence-electron chi connectivity index (χ2n) is 9.94. The Morgan fingerprint density at radius 3 is 2.47 bits per heavy atom. The molecular weight excluding hydrogens is 615 g/mol. The summed E-state index contributed by atoms with van der Waals surface area (Å²) < 4.78 is 43.9. The number of amides is 1. The lowest BCUT2D eigenvalue weighted by molar-refractivity contribution is -0.129. The zero-order valence-corrected chi connectivity index (χ0v) is 26.0. The molecule has 2 atom stereocenters. The largest absolute Gasteiger partial charge is 0.494 e. The normalized spacial score (nSPS) is 18.1. The number of hydrogen-bond donors (Lipinski definition) is 2. The molecule has 1 heterocycles. The molecule has 0 unspecified atom stereocenters. The Morgan fingerprint density at radius 2 is 1.79 bits per heavy atom. The molecule has 0 aromatic heterocycles. The number of carbonyl (C=O) groups excluding carboxylic acids is 1. The summed E-state index contributed by atoms with van der Waals surface area (Å²) in [5.41, 5.74) is -0.680. The summed E-state index contributed by atoms with van der Waals surface area (Å²) in [5, 5.41) is 12.6. The van der Waals surface area contributed by atoms with E-state index in [0.717, 1.165) is 0 Å². The first-order valence-electron chi connectivity index (χ1n) is 13.8. The van der Waals surface area contributed by atoms with Gasteiger partial charge in [-0.1, -0.05) is 47.5 Å². The van der Waals surface area contributed by atoms with E-state index in [1.165, 1.54) is 12.1 Å². The van der Waals surface area contributed by atoms with Crippen molar-refractivity contribution in [3.8, 4) is 5.75 Å². The zero-order valence-electron chi connectivity index (χ0n) is 23.7. The minimum Gasteiger partial charge on any atom is -0.494 e. The standard InChI is InChI=1S/C31H34Cl2N2O7S/c1-40-18-5-16-34-30(37)31(15-20-43(38,39)25-7-3-2-4-8-25)28(26-14-11-23(32)21-27(26)33)42-29(35-31)22-9-12-24(13-10-22)41-19-6-17-36/h2-4,7-14,21,28,36H,5-6,15-20H2,1H3,(H,34,37)/t28-,31-/m1/s1. The number of ether oxygens (including phenoxy) is 3. The summed E-state index contributed by atoms with van der Waals surface area (Å²) in [6, 6.07) is 19.8. The highest BCUT2D eigenvalue weighted by Gasteiger charge is 2.54. The van der Waals surface area contributed by atoms with Crippen molar-refractivity contribution >= 4 is 44.8 Å². The third-order valence-electron chi connectivity index (χ3n) is 6.94. The monoisotopic (exact) mass is 648 g/mol. The quantitative estimate of drug-likeness (QED) is 0.222. The average molecular weight is 650 g/mol. The molecule has 230 valence electrons. The second-order valence-corrected chi connectivity index (χ2v) is 12.9. The number of methoxy groups -OCH3 is 1. The molecule has 0 saturated carbocycles. The molecule has 1 aliphatic rings. The van der Waals surface area contributed by atoms with E-state index in [2.05, 4.69) is 5.32 Å². The highest BCUT2D eigenvalue weighted by atomic mass is 35.5. The molecule has 43 heavy (non-hydrogen) atoms. The van der Waals surface area contributed by atoms with Crippen LogP contribution in [0.25, 0.3) is 0 Å². The molecule has 0 bridgehead atoms. The van der Waals surface area contributed by atoms with Gasteiger partial charge >= 0.3 is 0 Å². The molecule has 1 aliphatic heterocycles. The number of benzene rings is 3. The Bertz CT molecular complexity index is 1520. The lowest BCUT2D eigenvalue weighted by Crippen LogP contribution is -2.49. The summed E-state index contributed by atoms with van der Waals surface area (Å²) in [6.45, 7) is 1.09. The van der Waals surface area contributed by atoms with Crippen LogP contribution < -0.4 is 10.1 Å². The third-order valence-corrected chi connectivity index (χ3v) is 9.23. The van der Waals surface area contributed by atoms with E-state index in [-0.39, 0.29) is 41.1 Å². The zero-order chi connectivity index (χ0) is 30.9. The smallest absolute Gasteiger partial charge is 0.252 e. The maximum atomic E-state index is 14.1. The Labute approximate surface area is 261 Å². The van der Waals surface area contributed by atoms with Gasteiger partial charge in [0.1, 0.15) is 5.75 Å². The van der Waals surface area contributed by atoms with Crippen molar-refractivity contribution in [3.05, 3.63) is 94.0 Å². The van der Waals surface area contributed by atoms with Crippen molar-refractivity contribution in [2.45, 2.75) is 35.8 Å². The summed E-state index contributed by atoms with van der Waals surface area (Å²) in [4.78, 5) is 19.1. The predicted octanol–water partition coefficient (Wildman–Crippen LogP) is 5.03. The molecule has 0 fully saturated rings. The van der Waals surface area contributed by atoms with E-state index >= 15 is 0 Å². The molecular formula is C31H34Cl2N2O7S. The number of aliphatic imine (C=N–C) groups is 1. The van der Waals surface area contributed by atoms with Gasteiger partial charge in [-0.05, 0) is 55.0 Å². The third kappa shape index (κ3) is 8.07. The number of aliphatic hydroxyl groups excluding tert-OH is 1. The highest BCUT2D eigenvalue weighted by molar-refractivity contribution is 7.91. The van der Waals surface area contributed by atoms with Crippen LogP contribution in [0.2, 0.25) is 10.0 Å².